The molecule has 2 aromatic carbocycles. The van der Waals surface area contributed by atoms with Gasteiger partial charge >= 0.3 is 12.0 Å². The van der Waals surface area contributed by atoms with E-state index in [2.05, 4.69) is 16.6 Å². The van der Waals surface area contributed by atoms with Crippen molar-refractivity contribution in [2.24, 2.45) is 0 Å². The summed E-state index contributed by atoms with van der Waals surface area (Å²) < 4.78 is 4.64. The zero-order valence-corrected chi connectivity index (χ0v) is 17.3. The maximum Gasteiger partial charge on any atom is 0.337 e. The van der Waals surface area contributed by atoms with Gasteiger partial charge in [0, 0.05) is 12.2 Å². The summed E-state index contributed by atoms with van der Waals surface area (Å²) in [6, 6.07) is 11.8. The second kappa shape index (κ2) is 9.25. The van der Waals surface area contributed by atoms with Gasteiger partial charge in [-0.05, 0) is 48.9 Å². The number of amides is 4. The number of methoxy groups -OCH3 is 1. The van der Waals surface area contributed by atoms with Gasteiger partial charge in [-0.1, -0.05) is 18.2 Å². The molecule has 3 rings (SSSR count). The Labute approximate surface area is 180 Å². The van der Waals surface area contributed by atoms with E-state index in [0.717, 1.165) is 10.5 Å². The fourth-order valence-corrected chi connectivity index (χ4v) is 3.38. The fourth-order valence-electron chi connectivity index (χ4n) is 3.38. The van der Waals surface area contributed by atoms with E-state index >= 15 is 0 Å². The summed E-state index contributed by atoms with van der Waals surface area (Å²) in [6.07, 6.45) is 1.31. The van der Waals surface area contributed by atoms with E-state index in [1.807, 2.05) is 13.0 Å². The molecule has 0 aliphatic carbocycles. The lowest BCUT2D eigenvalue weighted by Crippen LogP contribution is -2.38. The van der Waals surface area contributed by atoms with Crippen LogP contribution in [0.1, 0.15) is 22.3 Å². The second-order valence-electron chi connectivity index (χ2n) is 7.07. The van der Waals surface area contributed by atoms with E-state index in [9.17, 15) is 19.2 Å². The van der Waals surface area contributed by atoms with Crippen LogP contribution in [0.25, 0.3) is 0 Å². The molecule has 0 radical (unpaired) electrons. The molecular weight excluding hydrogens is 398 g/mol. The van der Waals surface area contributed by atoms with Crippen LogP contribution in [0.15, 0.2) is 61.2 Å². The van der Waals surface area contributed by atoms with Gasteiger partial charge in [0.2, 0.25) is 5.91 Å². The van der Waals surface area contributed by atoms with Gasteiger partial charge in [0.1, 0.15) is 6.04 Å². The Bertz CT molecular complexity index is 1030. The Balaban J connectivity index is 1.76. The van der Waals surface area contributed by atoms with Gasteiger partial charge in [0.15, 0.2) is 0 Å². The number of nitrogens with one attached hydrogen (secondary N) is 1. The molecule has 8 heteroatoms. The first-order valence-corrected chi connectivity index (χ1v) is 9.66. The smallest absolute Gasteiger partial charge is 0.337 e. The van der Waals surface area contributed by atoms with Gasteiger partial charge in [-0.25, -0.2) is 14.5 Å². The van der Waals surface area contributed by atoms with Crippen LogP contribution < -0.4 is 10.2 Å². The molecule has 0 unspecified atom stereocenters. The lowest BCUT2D eigenvalue weighted by Gasteiger charge is -2.19. The highest BCUT2D eigenvalue weighted by Gasteiger charge is 2.46. The number of hydrogen-bond donors (Lipinski definition) is 1. The quantitative estimate of drug-likeness (QED) is 0.421. The van der Waals surface area contributed by atoms with E-state index in [4.69, 9.17) is 0 Å². The number of anilines is 2. The summed E-state index contributed by atoms with van der Waals surface area (Å²) in [5.74, 6) is -1.38. The monoisotopic (exact) mass is 421 g/mol. The minimum absolute atomic E-state index is 0.138. The van der Waals surface area contributed by atoms with Crippen LogP contribution in [0.3, 0.4) is 0 Å². The molecule has 1 atom stereocenters. The number of urea groups is 1. The van der Waals surface area contributed by atoms with E-state index in [1.54, 1.807) is 30.3 Å². The minimum atomic E-state index is -0.944. The molecule has 160 valence electrons. The number of rotatable bonds is 7. The maximum absolute atomic E-state index is 13.1. The second-order valence-corrected chi connectivity index (χ2v) is 7.07. The number of carbonyl (C=O) groups excluding carboxylic acids is 4. The number of nitrogens with zero attached hydrogens (tertiary/aromatic N) is 2. The predicted octanol–water partition coefficient (Wildman–Crippen LogP) is 3.13. The molecule has 0 saturated carbocycles. The van der Waals surface area contributed by atoms with Gasteiger partial charge in [-0.3, -0.25) is 9.59 Å². The van der Waals surface area contributed by atoms with E-state index in [-0.39, 0.29) is 13.0 Å². The standard InChI is InChI=1S/C23H23N3O5/c1-4-12-25-19(21(28)26(23(25)30)18-7-5-6-15(2)13-18)14-20(27)24-17-10-8-16(9-11-17)22(29)31-3/h4-11,13,19H,1,12,14H2,2-3H3,(H,24,27)/t19-/m1/s1. The third-order valence-corrected chi connectivity index (χ3v) is 4.87. The lowest BCUT2D eigenvalue weighted by atomic mass is 10.1. The molecule has 31 heavy (non-hydrogen) atoms. The summed E-state index contributed by atoms with van der Waals surface area (Å²) in [5, 5.41) is 2.69. The zero-order chi connectivity index (χ0) is 22.5. The summed E-state index contributed by atoms with van der Waals surface area (Å²) >= 11 is 0. The highest BCUT2D eigenvalue weighted by atomic mass is 16.5. The van der Waals surface area contributed by atoms with Crippen molar-refractivity contribution in [1.29, 1.82) is 0 Å². The summed E-state index contributed by atoms with van der Waals surface area (Å²) in [5.41, 5.74) is 2.18. The fraction of sp³-hybridized carbons (Fsp3) is 0.217. The van der Waals surface area contributed by atoms with E-state index < -0.39 is 29.9 Å². The van der Waals surface area contributed by atoms with Crippen molar-refractivity contribution in [2.45, 2.75) is 19.4 Å². The average molecular weight is 421 g/mol. The zero-order valence-electron chi connectivity index (χ0n) is 17.3. The van der Waals surface area contributed by atoms with Crippen molar-refractivity contribution >= 4 is 35.2 Å². The van der Waals surface area contributed by atoms with Gasteiger partial charge in [-0.2, -0.15) is 0 Å². The molecule has 0 bridgehead atoms. The van der Waals surface area contributed by atoms with Gasteiger partial charge in [-0.15, -0.1) is 6.58 Å². The van der Waals surface area contributed by atoms with Crippen LogP contribution in [-0.2, 0) is 14.3 Å². The predicted molar refractivity (Wildman–Crippen MR) is 116 cm³/mol. The molecule has 1 N–H and O–H groups in total. The Hall–Kier alpha value is -3.94. The van der Waals surface area contributed by atoms with Crippen LogP contribution in [0.4, 0.5) is 16.2 Å². The topological polar surface area (TPSA) is 96.0 Å². The number of esters is 1. The summed E-state index contributed by atoms with van der Waals surface area (Å²) in [4.78, 5) is 52.5. The molecule has 1 saturated heterocycles. The number of hydrogen-bond acceptors (Lipinski definition) is 5. The summed E-state index contributed by atoms with van der Waals surface area (Å²) in [7, 11) is 1.28. The van der Waals surface area contributed by atoms with Crippen LogP contribution in [0, 0.1) is 6.92 Å². The van der Waals surface area contributed by atoms with Crippen molar-refractivity contribution in [3.63, 3.8) is 0 Å². The van der Waals surface area contributed by atoms with Crippen LogP contribution in [0.5, 0.6) is 0 Å². The first-order valence-electron chi connectivity index (χ1n) is 9.66. The lowest BCUT2D eigenvalue weighted by molar-refractivity contribution is -0.124. The normalized spacial score (nSPS) is 15.7. The third kappa shape index (κ3) is 4.63. The molecule has 1 fully saturated rings. The van der Waals surface area contributed by atoms with Gasteiger partial charge < -0.3 is 15.0 Å². The SMILES string of the molecule is C=CCN1C(=O)N(c2cccc(C)c2)C(=O)[C@H]1CC(=O)Nc1ccc(C(=O)OC)cc1. The largest absolute Gasteiger partial charge is 0.465 e. The Morgan fingerprint density at radius 2 is 1.87 bits per heavy atom. The molecule has 1 aliphatic heterocycles. The number of benzene rings is 2. The van der Waals surface area contributed by atoms with Crippen molar-refractivity contribution in [3.05, 3.63) is 72.3 Å². The van der Waals surface area contributed by atoms with Crippen molar-refractivity contribution in [3.8, 4) is 0 Å². The van der Waals surface area contributed by atoms with Gasteiger partial charge in [0.25, 0.3) is 5.91 Å². The van der Waals surface area contributed by atoms with Crippen molar-refractivity contribution in [1.82, 2.24) is 4.90 Å². The molecule has 4 amide bonds. The molecular formula is C23H23N3O5. The van der Waals surface area contributed by atoms with Crippen LogP contribution in [0.2, 0.25) is 0 Å². The van der Waals surface area contributed by atoms with Crippen molar-refractivity contribution < 1.29 is 23.9 Å². The molecule has 0 spiro atoms. The summed E-state index contributed by atoms with van der Waals surface area (Å²) in [6.45, 7) is 5.65. The molecule has 0 aromatic heterocycles. The first-order chi connectivity index (χ1) is 14.8. The molecule has 2 aromatic rings. The number of carbonyl (C=O) groups is 4. The minimum Gasteiger partial charge on any atom is -0.465 e. The number of imide groups is 1. The van der Waals surface area contributed by atoms with Crippen molar-refractivity contribution in [2.75, 3.05) is 23.9 Å². The van der Waals surface area contributed by atoms with Crippen LogP contribution in [-0.4, -0.2) is 48.4 Å². The first kappa shape index (κ1) is 21.8. The molecule has 1 heterocycles. The number of aryl methyl sites for hydroxylation is 1. The molecule has 8 nitrogen and oxygen atoms in total. The Morgan fingerprint density at radius 3 is 2.48 bits per heavy atom. The highest BCUT2D eigenvalue weighted by Crippen LogP contribution is 2.27. The number of ether oxygens (including phenoxy) is 1. The highest BCUT2D eigenvalue weighted by molar-refractivity contribution is 6.22. The van der Waals surface area contributed by atoms with Crippen LogP contribution >= 0.6 is 0 Å². The Kier molecular flexibility index (Phi) is 6.49. The average Bonchev–Trinajstić information content (AvgIpc) is 2.98. The maximum atomic E-state index is 13.1. The Morgan fingerprint density at radius 1 is 1.16 bits per heavy atom. The van der Waals surface area contributed by atoms with Gasteiger partial charge in [0.05, 0.1) is 24.8 Å². The molecule has 1 aliphatic rings. The van der Waals surface area contributed by atoms with E-state index in [1.165, 1.54) is 30.2 Å². The van der Waals surface area contributed by atoms with E-state index in [0.29, 0.717) is 16.9 Å². The third-order valence-electron chi connectivity index (χ3n) is 4.87.